The van der Waals surface area contributed by atoms with Gasteiger partial charge < -0.3 is 9.64 Å². The summed E-state index contributed by atoms with van der Waals surface area (Å²) >= 11 is 0. The summed E-state index contributed by atoms with van der Waals surface area (Å²) in [6.07, 6.45) is 0.876. The van der Waals surface area contributed by atoms with Gasteiger partial charge in [-0.05, 0) is 18.6 Å². The smallest absolute Gasteiger partial charge is 0.323 e. The van der Waals surface area contributed by atoms with Crippen LogP contribution >= 0.6 is 0 Å². The lowest BCUT2D eigenvalue weighted by atomic mass is 10.3. The highest BCUT2D eigenvalue weighted by molar-refractivity contribution is 5.56. The Bertz CT molecular complexity index is 548. The van der Waals surface area contributed by atoms with Crippen LogP contribution in [0.15, 0.2) is 30.3 Å². The second-order valence-electron chi connectivity index (χ2n) is 4.13. The van der Waals surface area contributed by atoms with Crippen LogP contribution in [0.25, 0.3) is 0 Å². The Labute approximate surface area is 117 Å². The molecule has 2 aromatic rings. The Balaban J connectivity index is 2.30. The van der Waals surface area contributed by atoms with Gasteiger partial charge in [-0.3, -0.25) is 5.43 Å². The second-order valence-corrected chi connectivity index (χ2v) is 4.13. The van der Waals surface area contributed by atoms with Gasteiger partial charge in [0.15, 0.2) is 0 Å². The van der Waals surface area contributed by atoms with Gasteiger partial charge in [0.05, 0.1) is 6.61 Å². The SMILES string of the molecule is CCCOc1nc(NN)nc(N(C)c2ccccc2)n1. The molecule has 7 heteroatoms. The van der Waals surface area contributed by atoms with E-state index in [0.29, 0.717) is 12.6 Å². The van der Waals surface area contributed by atoms with Crippen molar-refractivity contribution in [1.82, 2.24) is 15.0 Å². The van der Waals surface area contributed by atoms with Crippen molar-refractivity contribution in [2.45, 2.75) is 13.3 Å². The summed E-state index contributed by atoms with van der Waals surface area (Å²) in [5.74, 6) is 6.11. The molecule has 0 atom stereocenters. The molecule has 0 aliphatic heterocycles. The van der Waals surface area contributed by atoms with E-state index in [-0.39, 0.29) is 12.0 Å². The number of rotatable bonds is 6. The van der Waals surface area contributed by atoms with Crippen LogP contribution < -0.4 is 20.9 Å². The fourth-order valence-electron chi connectivity index (χ4n) is 1.59. The Hall–Kier alpha value is -2.41. The van der Waals surface area contributed by atoms with E-state index in [2.05, 4.69) is 20.4 Å². The number of para-hydroxylation sites is 1. The van der Waals surface area contributed by atoms with Gasteiger partial charge in [0, 0.05) is 12.7 Å². The van der Waals surface area contributed by atoms with Gasteiger partial charge in [0.25, 0.3) is 0 Å². The molecule has 0 aliphatic carbocycles. The van der Waals surface area contributed by atoms with Crippen LogP contribution in [-0.2, 0) is 0 Å². The highest BCUT2D eigenvalue weighted by Gasteiger charge is 2.12. The van der Waals surface area contributed by atoms with Gasteiger partial charge in [-0.2, -0.15) is 15.0 Å². The number of benzene rings is 1. The lowest BCUT2D eigenvalue weighted by Gasteiger charge is -2.18. The Morgan fingerprint density at radius 3 is 2.60 bits per heavy atom. The molecule has 1 aromatic carbocycles. The minimum absolute atomic E-state index is 0.257. The Morgan fingerprint density at radius 1 is 1.20 bits per heavy atom. The van der Waals surface area contributed by atoms with E-state index < -0.39 is 0 Å². The molecule has 20 heavy (non-hydrogen) atoms. The van der Waals surface area contributed by atoms with E-state index in [0.717, 1.165) is 12.1 Å². The molecule has 0 saturated heterocycles. The molecule has 0 fully saturated rings. The van der Waals surface area contributed by atoms with Gasteiger partial charge in [0.1, 0.15) is 0 Å². The fraction of sp³-hybridized carbons (Fsp3) is 0.308. The number of hydrazine groups is 1. The largest absolute Gasteiger partial charge is 0.463 e. The minimum atomic E-state index is 0.257. The Morgan fingerprint density at radius 2 is 1.95 bits per heavy atom. The number of nitrogens with two attached hydrogens (primary N) is 1. The number of nitrogens with zero attached hydrogens (tertiary/aromatic N) is 4. The third-order valence-electron chi connectivity index (χ3n) is 2.61. The minimum Gasteiger partial charge on any atom is -0.463 e. The average molecular weight is 274 g/mol. The van der Waals surface area contributed by atoms with Crippen LogP contribution in [0.4, 0.5) is 17.6 Å². The summed E-state index contributed by atoms with van der Waals surface area (Å²) in [6.45, 7) is 2.56. The van der Waals surface area contributed by atoms with E-state index in [1.165, 1.54) is 0 Å². The maximum Gasteiger partial charge on any atom is 0.323 e. The molecular formula is C13H18N6O. The third kappa shape index (κ3) is 3.33. The maximum atomic E-state index is 5.44. The first-order chi connectivity index (χ1) is 9.74. The molecule has 1 aromatic heterocycles. The number of hydrogen-bond donors (Lipinski definition) is 2. The van der Waals surface area contributed by atoms with E-state index in [4.69, 9.17) is 10.6 Å². The molecule has 0 bridgehead atoms. The molecule has 0 amide bonds. The number of nitrogen functional groups attached to an aromatic ring is 1. The standard InChI is InChI=1S/C13H18N6O/c1-3-9-20-13-16-11(18-14)15-12(17-13)19(2)10-7-5-4-6-8-10/h4-8H,3,9,14H2,1-2H3,(H,15,16,17,18). The van der Waals surface area contributed by atoms with Crippen LogP contribution in [0.5, 0.6) is 6.01 Å². The number of aromatic nitrogens is 3. The molecule has 0 spiro atoms. The first-order valence-corrected chi connectivity index (χ1v) is 6.39. The molecule has 7 nitrogen and oxygen atoms in total. The number of hydrogen-bond acceptors (Lipinski definition) is 7. The summed E-state index contributed by atoms with van der Waals surface area (Å²) < 4.78 is 5.44. The summed E-state index contributed by atoms with van der Waals surface area (Å²) in [5, 5.41) is 0. The van der Waals surface area contributed by atoms with E-state index in [9.17, 15) is 0 Å². The average Bonchev–Trinajstić information content (AvgIpc) is 2.52. The molecular weight excluding hydrogens is 256 g/mol. The van der Waals surface area contributed by atoms with Crippen LogP contribution in [0.3, 0.4) is 0 Å². The highest BCUT2D eigenvalue weighted by atomic mass is 16.5. The lowest BCUT2D eigenvalue weighted by Crippen LogP contribution is -2.18. The van der Waals surface area contributed by atoms with Crippen LogP contribution in [-0.4, -0.2) is 28.6 Å². The van der Waals surface area contributed by atoms with Crippen LogP contribution in [0.1, 0.15) is 13.3 Å². The monoisotopic (exact) mass is 274 g/mol. The molecule has 0 radical (unpaired) electrons. The van der Waals surface area contributed by atoms with Crippen molar-refractivity contribution in [3.05, 3.63) is 30.3 Å². The molecule has 0 aliphatic rings. The summed E-state index contributed by atoms with van der Waals surface area (Å²) in [7, 11) is 1.87. The predicted octanol–water partition coefficient (Wildman–Crippen LogP) is 1.71. The molecule has 0 saturated carbocycles. The van der Waals surface area contributed by atoms with E-state index in [1.54, 1.807) is 0 Å². The zero-order valence-electron chi connectivity index (χ0n) is 11.6. The predicted molar refractivity (Wildman–Crippen MR) is 77.9 cm³/mol. The molecule has 106 valence electrons. The normalized spacial score (nSPS) is 10.2. The zero-order chi connectivity index (χ0) is 14.4. The first-order valence-electron chi connectivity index (χ1n) is 6.39. The highest BCUT2D eigenvalue weighted by Crippen LogP contribution is 2.21. The number of nitrogens with one attached hydrogen (secondary N) is 1. The van der Waals surface area contributed by atoms with Gasteiger partial charge in [-0.15, -0.1) is 0 Å². The van der Waals surface area contributed by atoms with Gasteiger partial charge in [-0.25, -0.2) is 5.84 Å². The second kappa shape index (κ2) is 6.67. The summed E-state index contributed by atoms with van der Waals surface area (Å²) in [4.78, 5) is 14.4. The number of anilines is 3. The van der Waals surface area contributed by atoms with Crippen LogP contribution in [0.2, 0.25) is 0 Å². The number of ether oxygens (including phenoxy) is 1. The summed E-state index contributed by atoms with van der Waals surface area (Å²) in [5.41, 5.74) is 3.38. The molecule has 3 N–H and O–H groups in total. The van der Waals surface area contributed by atoms with Crippen molar-refractivity contribution in [2.75, 3.05) is 24.0 Å². The third-order valence-corrected chi connectivity index (χ3v) is 2.61. The fourth-order valence-corrected chi connectivity index (χ4v) is 1.59. The summed E-state index contributed by atoms with van der Waals surface area (Å²) in [6, 6.07) is 10.0. The van der Waals surface area contributed by atoms with Crippen molar-refractivity contribution in [1.29, 1.82) is 0 Å². The van der Waals surface area contributed by atoms with Gasteiger partial charge >= 0.3 is 6.01 Å². The quantitative estimate of drug-likeness (QED) is 0.612. The van der Waals surface area contributed by atoms with Crippen molar-refractivity contribution < 1.29 is 4.74 Å². The van der Waals surface area contributed by atoms with E-state index in [1.807, 2.05) is 49.2 Å². The van der Waals surface area contributed by atoms with Gasteiger partial charge in [-0.1, -0.05) is 25.1 Å². The molecule has 1 heterocycles. The topological polar surface area (TPSA) is 89.2 Å². The molecule has 0 unspecified atom stereocenters. The van der Waals surface area contributed by atoms with E-state index >= 15 is 0 Å². The van der Waals surface area contributed by atoms with Gasteiger partial charge in [0.2, 0.25) is 11.9 Å². The first kappa shape index (κ1) is 14.0. The van der Waals surface area contributed by atoms with Crippen molar-refractivity contribution in [3.63, 3.8) is 0 Å². The Kier molecular flexibility index (Phi) is 4.67. The van der Waals surface area contributed by atoms with Crippen molar-refractivity contribution in [2.24, 2.45) is 5.84 Å². The maximum absolute atomic E-state index is 5.44. The molecule has 2 rings (SSSR count). The van der Waals surface area contributed by atoms with Crippen molar-refractivity contribution >= 4 is 17.6 Å². The van der Waals surface area contributed by atoms with Crippen LogP contribution in [0, 0.1) is 0 Å². The zero-order valence-corrected chi connectivity index (χ0v) is 11.6. The lowest BCUT2D eigenvalue weighted by molar-refractivity contribution is 0.292. The van der Waals surface area contributed by atoms with Crippen molar-refractivity contribution in [3.8, 4) is 6.01 Å².